The van der Waals surface area contributed by atoms with Gasteiger partial charge in [-0.2, -0.15) is 0 Å². The average Bonchev–Trinajstić information content (AvgIpc) is 2.37. The SMILES string of the molecule is CC(C)(CCO)CNS(=O)(=O)c1ccc(C(=O)O)cc1. The predicted octanol–water partition coefficient (Wildman–Crippen LogP) is 1.07. The first kappa shape index (κ1) is 16.6. The zero-order valence-electron chi connectivity index (χ0n) is 11.5. The molecule has 0 unspecified atom stereocenters. The van der Waals surface area contributed by atoms with Gasteiger partial charge in [-0.05, 0) is 36.1 Å². The Labute approximate surface area is 118 Å². The molecule has 112 valence electrons. The first-order chi connectivity index (χ1) is 9.18. The second kappa shape index (κ2) is 6.34. The third-order valence-electron chi connectivity index (χ3n) is 2.94. The van der Waals surface area contributed by atoms with Crippen molar-refractivity contribution in [3.05, 3.63) is 29.8 Å². The smallest absolute Gasteiger partial charge is 0.335 e. The Hall–Kier alpha value is -1.44. The number of carboxylic acids is 1. The van der Waals surface area contributed by atoms with Gasteiger partial charge < -0.3 is 10.2 Å². The Morgan fingerprint density at radius 2 is 1.80 bits per heavy atom. The van der Waals surface area contributed by atoms with Gasteiger partial charge in [-0.1, -0.05) is 13.8 Å². The highest BCUT2D eigenvalue weighted by molar-refractivity contribution is 7.89. The molecular formula is C13H19NO5S. The van der Waals surface area contributed by atoms with E-state index in [9.17, 15) is 13.2 Å². The minimum Gasteiger partial charge on any atom is -0.478 e. The minimum absolute atomic E-state index is 0.0119. The number of nitrogens with one attached hydrogen (secondary N) is 1. The number of sulfonamides is 1. The monoisotopic (exact) mass is 301 g/mol. The summed E-state index contributed by atoms with van der Waals surface area (Å²) in [5, 5.41) is 17.7. The summed E-state index contributed by atoms with van der Waals surface area (Å²) in [6.45, 7) is 3.87. The summed E-state index contributed by atoms with van der Waals surface area (Å²) in [6, 6.07) is 5.00. The predicted molar refractivity (Wildman–Crippen MR) is 74.1 cm³/mol. The molecule has 0 spiro atoms. The van der Waals surface area contributed by atoms with Gasteiger partial charge in [0, 0.05) is 13.2 Å². The van der Waals surface area contributed by atoms with E-state index in [1.165, 1.54) is 24.3 Å². The first-order valence-corrected chi connectivity index (χ1v) is 7.60. The molecule has 0 aliphatic heterocycles. The number of carboxylic acid groups (broad SMARTS) is 1. The van der Waals surface area contributed by atoms with E-state index in [0.29, 0.717) is 6.42 Å². The van der Waals surface area contributed by atoms with Crippen LogP contribution in [-0.4, -0.2) is 37.8 Å². The van der Waals surface area contributed by atoms with Gasteiger partial charge in [0.1, 0.15) is 0 Å². The van der Waals surface area contributed by atoms with Crippen molar-refractivity contribution in [2.45, 2.75) is 25.2 Å². The van der Waals surface area contributed by atoms with Crippen LogP contribution in [0, 0.1) is 5.41 Å². The zero-order chi connectivity index (χ0) is 15.4. The number of carbonyl (C=O) groups is 1. The highest BCUT2D eigenvalue weighted by atomic mass is 32.2. The van der Waals surface area contributed by atoms with Gasteiger partial charge in [-0.15, -0.1) is 0 Å². The maximum absolute atomic E-state index is 12.0. The maximum atomic E-state index is 12.0. The highest BCUT2D eigenvalue weighted by Crippen LogP contribution is 2.19. The second-order valence-corrected chi connectivity index (χ2v) is 7.06. The van der Waals surface area contributed by atoms with Crippen LogP contribution < -0.4 is 4.72 Å². The maximum Gasteiger partial charge on any atom is 0.335 e. The fraction of sp³-hybridized carbons (Fsp3) is 0.462. The van der Waals surface area contributed by atoms with Crippen molar-refractivity contribution >= 4 is 16.0 Å². The molecule has 0 bridgehead atoms. The van der Waals surface area contributed by atoms with Gasteiger partial charge in [0.15, 0.2) is 0 Å². The standard InChI is InChI=1S/C13H19NO5S/c1-13(2,7-8-15)9-14-20(18,19)11-5-3-10(4-6-11)12(16)17/h3-6,14-15H,7-9H2,1-2H3,(H,16,17). The summed E-state index contributed by atoms with van der Waals surface area (Å²) in [6.07, 6.45) is 0.480. The summed E-state index contributed by atoms with van der Waals surface area (Å²) in [4.78, 5) is 10.7. The van der Waals surface area contributed by atoms with E-state index in [4.69, 9.17) is 10.2 Å². The van der Waals surface area contributed by atoms with E-state index < -0.39 is 16.0 Å². The molecule has 0 aliphatic carbocycles. The van der Waals surface area contributed by atoms with Crippen LogP contribution in [0.25, 0.3) is 0 Å². The molecule has 0 amide bonds. The lowest BCUT2D eigenvalue weighted by Gasteiger charge is -2.23. The third kappa shape index (κ3) is 4.59. The van der Waals surface area contributed by atoms with Crippen LogP contribution in [0.1, 0.15) is 30.6 Å². The number of hydrogen-bond donors (Lipinski definition) is 3. The van der Waals surface area contributed by atoms with Crippen LogP contribution >= 0.6 is 0 Å². The molecule has 6 nitrogen and oxygen atoms in total. The molecule has 20 heavy (non-hydrogen) atoms. The topological polar surface area (TPSA) is 104 Å². The summed E-state index contributed by atoms with van der Waals surface area (Å²) in [5.41, 5.74) is -0.326. The Morgan fingerprint density at radius 1 is 1.25 bits per heavy atom. The van der Waals surface area contributed by atoms with Crippen molar-refractivity contribution in [2.75, 3.05) is 13.2 Å². The lowest BCUT2D eigenvalue weighted by atomic mass is 9.90. The van der Waals surface area contributed by atoms with Crippen LogP contribution in [0.5, 0.6) is 0 Å². The van der Waals surface area contributed by atoms with Crippen molar-refractivity contribution in [1.82, 2.24) is 4.72 Å². The number of rotatable bonds is 7. The van der Waals surface area contributed by atoms with Gasteiger partial charge >= 0.3 is 5.97 Å². The number of aliphatic hydroxyl groups excluding tert-OH is 1. The first-order valence-electron chi connectivity index (χ1n) is 6.12. The molecule has 0 atom stereocenters. The van der Waals surface area contributed by atoms with E-state index in [1.807, 2.05) is 13.8 Å². The van der Waals surface area contributed by atoms with Crippen molar-refractivity contribution in [2.24, 2.45) is 5.41 Å². The van der Waals surface area contributed by atoms with Crippen LogP contribution in [0.15, 0.2) is 29.2 Å². The molecule has 0 saturated heterocycles. The van der Waals surface area contributed by atoms with E-state index in [1.54, 1.807) is 0 Å². The number of aliphatic hydroxyl groups is 1. The molecule has 0 heterocycles. The molecule has 0 radical (unpaired) electrons. The number of hydrogen-bond acceptors (Lipinski definition) is 4. The summed E-state index contributed by atoms with van der Waals surface area (Å²) >= 11 is 0. The van der Waals surface area contributed by atoms with Gasteiger partial charge in [0.2, 0.25) is 10.0 Å². The molecular weight excluding hydrogens is 282 g/mol. The van der Waals surface area contributed by atoms with E-state index in [2.05, 4.69) is 4.72 Å². The van der Waals surface area contributed by atoms with Crippen molar-refractivity contribution in [3.8, 4) is 0 Å². The van der Waals surface area contributed by atoms with Gasteiger partial charge in [-0.3, -0.25) is 0 Å². The molecule has 0 aliphatic rings. The Kier molecular flexibility index (Phi) is 5.27. The molecule has 1 aromatic rings. The molecule has 0 aromatic heterocycles. The quantitative estimate of drug-likeness (QED) is 0.699. The Bertz CT molecular complexity index is 563. The molecule has 0 saturated carbocycles. The number of benzene rings is 1. The van der Waals surface area contributed by atoms with E-state index >= 15 is 0 Å². The summed E-state index contributed by atoms with van der Waals surface area (Å²) < 4.78 is 26.5. The van der Waals surface area contributed by atoms with Crippen molar-refractivity contribution < 1.29 is 23.4 Å². The van der Waals surface area contributed by atoms with Crippen LogP contribution in [0.3, 0.4) is 0 Å². The molecule has 3 N–H and O–H groups in total. The zero-order valence-corrected chi connectivity index (χ0v) is 12.3. The van der Waals surface area contributed by atoms with E-state index in [-0.39, 0.29) is 29.0 Å². The molecule has 7 heteroatoms. The molecule has 1 rings (SSSR count). The lowest BCUT2D eigenvalue weighted by molar-refractivity contribution is 0.0696. The van der Waals surface area contributed by atoms with Crippen LogP contribution in [0.4, 0.5) is 0 Å². The largest absolute Gasteiger partial charge is 0.478 e. The Balaban J connectivity index is 2.81. The fourth-order valence-corrected chi connectivity index (χ4v) is 2.78. The minimum atomic E-state index is -3.68. The Morgan fingerprint density at radius 3 is 2.25 bits per heavy atom. The fourth-order valence-electron chi connectivity index (χ4n) is 1.54. The third-order valence-corrected chi connectivity index (χ3v) is 4.36. The average molecular weight is 301 g/mol. The highest BCUT2D eigenvalue weighted by Gasteiger charge is 2.22. The van der Waals surface area contributed by atoms with Gasteiger partial charge in [0.05, 0.1) is 10.5 Å². The van der Waals surface area contributed by atoms with Gasteiger partial charge in [-0.25, -0.2) is 17.9 Å². The lowest BCUT2D eigenvalue weighted by Crippen LogP contribution is -2.34. The van der Waals surface area contributed by atoms with Crippen molar-refractivity contribution in [3.63, 3.8) is 0 Å². The second-order valence-electron chi connectivity index (χ2n) is 5.29. The van der Waals surface area contributed by atoms with Crippen LogP contribution in [0.2, 0.25) is 0 Å². The van der Waals surface area contributed by atoms with E-state index in [0.717, 1.165) is 0 Å². The molecule has 0 fully saturated rings. The van der Waals surface area contributed by atoms with Crippen LogP contribution in [-0.2, 0) is 10.0 Å². The van der Waals surface area contributed by atoms with Crippen molar-refractivity contribution in [1.29, 1.82) is 0 Å². The van der Waals surface area contributed by atoms with Gasteiger partial charge in [0.25, 0.3) is 0 Å². The summed E-state index contributed by atoms with van der Waals surface area (Å²) in [5.74, 6) is -1.11. The number of aromatic carboxylic acids is 1. The summed E-state index contributed by atoms with van der Waals surface area (Å²) in [7, 11) is -3.68. The molecule has 1 aromatic carbocycles. The normalized spacial score (nSPS) is 12.3.